The molecule has 2 N–H and O–H groups in total. The minimum atomic E-state index is -0.0615. The molecule has 5 heteroatoms. The molecule has 0 aliphatic carbocycles. The number of carbonyl (C=O) groups is 1. The van der Waals surface area contributed by atoms with E-state index in [-0.39, 0.29) is 11.9 Å². The van der Waals surface area contributed by atoms with Crippen LogP contribution in [0.25, 0.3) is 0 Å². The largest absolute Gasteiger partial charge is 0.496 e. The molecule has 1 unspecified atom stereocenters. The van der Waals surface area contributed by atoms with Crippen molar-refractivity contribution in [2.45, 2.75) is 26.3 Å². The van der Waals surface area contributed by atoms with Crippen LogP contribution < -0.4 is 10.1 Å². The molecule has 0 bridgehead atoms. The van der Waals surface area contributed by atoms with Gasteiger partial charge in [0.05, 0.1) is 25.8 Å². The van der Waals surface area contributed by atoms with E-state index in [1.807, 2.05) is 32.0 Å². The van der Waals surface area contributed by atoms with Crippen molar-refractivity contribution in [3.63, 3.8) is 0 Å². The van der Waals surface area contributed by atoms with Crippen LogP contribution in [0.15, 0.2) is 30.6 Å². The molecule has 106 valence electrons. The highest BCUT2D eigenvalue weighted by molar-refractivity contribution is 5.79. The van der Waals surface area contributed by atoms with Crippen LogP contribution in [0.2, 0.25) is 0 Å². The predicted octanol–water partition coefficient (Wildman–Crippen LogP) is 2.15. The van der Waals surface area contributed by atoms with Crippen molar-refractivity contribution in [2.75, 3.05) is 7.11 Å². The molecule has 0 fully saturated rings. The maximum atomic E-state index is 12.0. The van der Waals surface area contributed by atoms with Crippen LogP contribution in [-0.2, 0) is 11.2 Å². The smallest absolute Gasteiger partial charge is 0.224 e. The normalized spacial score (nSPS) is 11.9. The van der Waals surface area contributed by atoms with Gasteiger partial charge in [0.2, 0.25) is 5.91 Å². The Morgan fingerprint density at radius 1 is 1.50 bits per heavy atom. The third-order valence-electron chi connectivity index (χ3n) is 3.23. The average molecular weight is 273 g/mol. The highest BCUT2D eigenvalue weighted by Gasteiger charge is 2.11. The van der Waals surface area contributed by atoms with Crippen molar-refractivity contribution >= 4 is 5.91 Å². The first-order valence-electron chi connectivity index (χ1n) is 6.51. The second-order valence-electron chi connectivity index (χ2n) is 4.80. The zero-order chi connectivity index (χ0) is 14.5. The number of ether oxygens (including phenoxy) is 1. The molecular weight excluding hydrogens is 254 g/mol. The number of carbonyl (C=O) groups excluding carboxylic acids is 1. The molecule has 5 nitrogen and oxygen atoms in total. The number of benzene rings is 1. The van der Waals surface area contributed by atoms with E-state index in [0.717, 1.165) is 22.4 Å². The lowest BCUT2D eigenvalue weighted by Gasteiger charge is -2.12. The van der Waals surface area contributed by atoms with Crippen molar-refractivity contribution in [1.29, 1.82) is 0 Å². The Hall–Kier alpha value is -2.30. The van der Waals surface area contributed by atoms with E-state index in [1.54, 1.807) is 19.5 Å². The standard InChI is InChI=1S/C15H19N3O2/c1-10-4-5-12(6-14(10)20-3)7-15(19)18-11(2)13-8-16-17-9-13/h4-6,8-9,11H,7H2,1-3H3,(H,16,17)(H,18,19). The second kappa shape index (κ2) is 6.23. The van der Waals surface area contributed by atoms with Gasteiger partial charge in [-0.1, -0.05) is 12.1 Å². The first-order chi connectivity index (χ1) is 9.60. The zero-order valence-corrected chi connectivity index (χ0v) is 11.9. The summed E-state index contributed by atoms with van der Waals surface area (Å²) in [5.74, 6) is 0.780. The van der Waals surface area contributed by atoms with Crippen LogP contribution in [0, 0.1) is 6.92 Å². The number of aromatic amines is 1. The Kier molecular flexibility index (Phi) is 4.40. The molecule has 0 aliphatic rings. The monoisotopic (exact) mass is 273 g/mol. The molecule has 1 amide bonds. The van der Waals surface area contributed by atoms with Gasteiger partial charge in [-0.3, -0.25) is 9.89 Å². The van der Waals surface area contributed by atoms with Gasteiger partial charge in [0.25, 0.3) is 0 Å². The third kappa shape index (κ3) is 3.38. The molecule has 2 aromatic rings. The SMILES string of the molecule is COc1cc(CC(=O)NC(C)c2cn[nH]c2)ccc1C. The Bertz CT molecular complexity index is 579. The molecule has 2 rings (SSSR count). The predicted molar refractivity (Wildman–Crippen MR) is 76.6 cm³/mol. The number of methoxy groups -OCH3 is 1. The van der Waals surface area contributed by atoms with E-state index in [1.165, 1.54) is 0 Å². The molecule has 1 heterocycles. The Labute approximate surface area is 118 Å². The molecule has 1 aromatic heterocycles. The van der Waals surface area contributed by atoms with E-state index in [0.29, 0.717) is 6.42 Å². The number of aromatic nitrogens is 2. The van der Waals surface area contributed by atoms with E-state index in [9.17, 15) is 4.79 Å². The van der Waals surface area contributed by atoms with Gasteiger partial charge in [-0.05, 0) is 31.0 Å². The van der Waals surface area contributed by atoms with Gasteiger partial charge in [-0.25, -0.2) is 0 Å². The fraction of sp³-hybridized carbons (Fsp3) is 0.333. The lowest BCUT2D eigenvalue weighted by molar-refractivity contribution is -0.121. The Morgan fingerprint density at radius 3 is 2.95 bits per heavy atom. The highest BCUT2D eigenvalue weighted by atomic mass is 16.5. The molecule has 20 heavy (non-hydrogen) atoms. The minimum Gasteiger partial charge on any atom is -0.496 e. The van der Waals surface area contributed by atoms with Gasteiger partial charge in [0, 0.05) is 11.8 Å². The van der Waals surface area contributed by atoms with Crippen molar-refractivity contribution in [1.82, 2.24) is 15.5 Å². The zero-order valence-electron chi connectivity index (χ0n) is 11.9. The first-order valence-corrected chi connectivity index (χ1v) is 6.51. The Morgan fingerprint density at radius 2 is 2.30 bits per heavy atom. The Balaban J connectivity index is 1.98. The molecule has 1 aromatic carbocycles. The quantitative estimate of drug-likeness (QED) is 0.877. The number of nitrogens with zero attached hydrogens (tertiary/aromatic N) is 1. The molecule has 1 atom stereocenters. The first kappa shape index (κ1) is 14.1. The van der Waals surface area contributed by atoms with Crippen LogP contribution in [0.1, 0.15) is 29.7 Å². The number of nitrogens with one attached hydrogen (secondary N) is 2. The average Bonchev–Trinajstić information content (AvgIpc) is 2.95. The summed E-state index contributed by atoms with van der Waals surface area (Å²) in [5.41, 5.74) is 2.95. The van der Waals surface area contributed by atoms with Crippen LogP contribution in [0.3, 0.4) is 0 Å². The van der Waals surface area contributed by atoms with Crippen molar-refractivity contribution in [2.24, 2.45) is 0 Å². The molecular formula is C15H19N3O2. The lowest BCUT2D eigenvalue weighted by atomic mass is 10.1. The summed E-state index contributed by atoms with van der Waals surface area (Å²) in [5, 5.41) is 9.55. The van der Waals surface area contributed by atoms with Crippen molar-refractivity contribution in [3.8, 4) is 5.75 Å². The van der Waals surface area contributed by atoms with Crippen LogP contribution in [-0.4, -0.2) is 23.2 Å². The van der Waals surface area contributed by atoms with E-state index < -0.39 is 0 Å². The van der Waals surface area contributed by atoms with Crippen molar-refractivity contribution in [3.05, 3.63) is 47.3 Å². The number of H-pyrrole nitrogens is 1. The summed E-state index contributed by atoms with van der Waals surface area (Å²) in [7, 11) is 1.63. The summed E-state index contributed by atoms with van der Waals surface area (Å²) < 4.78 is 5.26. The maximum absolute atomic E-state index is 12.0. The van der Waals surface area contributed by atoms with Crippen LogP contribution in [0.4, 0.5) is 0 Å². The molecule has 0 radical (unpaired) electrons. The van der Waals surface area contributed by atoms with Crippen molar-refractivity contribution < 1.29 is 9.53 Å². The number of aryl methyl sites for hydroxylation is 1. The summed E-state index contributed by atoms with van der Waals surface area (Å²) >= 11 is 0. The number of hydrogen-bond donors (Lipinski definition) is 2. The number of rotatable bonds is 5. The highest BCUT2D eigenvalue weighted by Crippen LogP contribution is 2.19. The topological polar surface area (TPSA) is 67.0 Å². The lowest BCUT2D eigenvalue weighted by Crippen LogP contribution is -2.27. The molecule has 0 aliphatic heterocycles. The fourth-order valence-electron chi connectivity index (χ4n) is 2.03. The van der Waals surface area contributed by atoms with Gasteiger partial charge >= 0.3 is 0 Å². The van der Waals surface area contributed by atoms with Gasteiger partial charge in [0.15, 0.2) is 0 Å². The number of hydrogen-bond acceptors (Lipinski definition) is 3. The second-order valence-corrected chi connectivity index (χ2v) is 4.80. The summed E-state index contributed by atoms with van der Waals surface area (Å²) in [4.78, 5) is 12.0. The van der Waals surface area contributed by atoms with Gasteiger partial charge in [0.1, 0.15) is 5.75 Å². The molecule has 0 saturated heterocycles. The van der Waals surface area contributed by atoms with Crippen LogP contribution in [0.5, 0.6) is 5.75 Å². The van der Waals surface area contributed by atoms with Gasteiger partial charge < -0.3 is 10.1 Å². The maximum Gasteiger partial charge on any atom is 0.224 e. The van der Waals surface area contributed by atoms with E-state index in [4.69, 9.17) is 4.74 Å². The van der Waals surface area contributed by atoms with E-state index >= 15 is 0 Å². The van der Waals surface area contributed by atoms with Gasteiger partial charge in [-0.2, -0.15) is 5.10 Å². The van der Waals surface area contributed by atoms with E-state index in [2.05, 4.69) is 15.5 Å². The minimum absolute atomic E-state index is 0.0235. The summed E-state index contributed by atoms with van der Waals surface area (Å²) in [6, 6.07) is 5.74. The summed E-state index contributed by atoms with van der Waals surface area (Å²) in [6.45, 7) is 3.90. The molecule has 0 saturated carbocycles. The third-order valence-corrected chi connectivity index (χ3v) is 3.23. The summed E-state index contributed by atoms with van der Waals surface area (Å²) in [6.07, 6.45) is 3.82. The van der Waals surface area contributed by atoms with Crippen LogP contribution >= 0.6 is 0 Å². The fourth-order valence-corrected chi connectivity index (χ4v) is 2.03. The van der Waals surface area contributed by atoms with Gasteiger partial charge in [-0.15, -0.1) is 0 Å². The number of amides is 1. The molecule has 0 spiro atoms.